The molecule has 0 aromatic rings. The summed E-state index contributed by atoms with van der Waals surface area (Å²) in [5.41, 5.74) is 0. The monoisotopic (exact) mass is 268 g/mol. The van der Waals surface area contributed by atoms with Crippen molar-refractivity contribution in [2.45, 2.75) is 31.6 Å². The van der Waals surface area contributed by atoms with Gasteiger partial charge in [-0.05, 0) is 6.92 Å². The van der Waals surface area contributed by atoms with Gasteiger partial charge in [-0.25, -0.2) is 4.39 Å². The van der Waals surface area contributed by atoms with Gasteiger partial charge in [0.05, 0.1) is 14.5 Å². The molecule has 0 aromatic heterocycles. The fraction of sp³-hybridized carbons (Fsp3) is 1.00. The summed E-state index contributed by atoms with van der Waals surface area (Å²) in [4.78, 5) is 9.15. The Hall–Kier alpha value is 0.0649. The lowest BCUT2D eigenvalue weighted by Gasteiger charge is -2.29. The molecule has 4 atom stereocenters. The predicted molar refractivity (Wildman–Crippen MR) is 63.4 cm³/mol. The van der Waals surface area contributed by atoms with Gasteiger partial charge in [0.25, 0.3) is 0 Å². The van der Waals surface area contributed by atoms with E-state index in [4.69, 9.17) is 26.7 Å². The van der Waals surface area contributed by atoms with Crippen molar-refractivity contribution in [3.05, 3.63) is 0 Å². The number of methoxy groups -OCH3 is 1. The molecule has 0 spiro atoms. The highest BCUT2D eigenvalue weighted by Gasteiger charge is 2.34. The van der Waals surface area contributed by atoms with Gasteiger partial charge in [-0.3, -0.25) is 9.09 Å². The minimum absolute atomic E-state index is 0.0545. The SMILES string of the molecule is [B]CC(F)C(OP(C)(=O)O)[C@@H](COC)OCC. The van der Waals surface area contributed by atoms with E-state index < -0.39 is 26.0 Å². The van der Waals surface area contributed by atoms with Crippen molar-refractivity contribution in [3.8, 4) is 0 Å². The molecular formula is C9H19BFO5P. The standard InChI is InChI=1S/C9H19BFO5P/c1-4-15-8(6-14-2)9(7(11)5-10)16-17(3,12)13/h7-9H,4-6H2,1-3H3,(H,12,13)/t7?,8-,9?/m1/s1. The van der Waals surface area contributed by atoms with Crippen LogP contribution >= 0.6 is 7.60 Å². The highest BCUT2D eigenvalue weighted by Crippen LogP contribution is 2.40. The molecule has 0 aliphatic carbocycles. The van der Waals surface area contributed by atoms with Crippen LogP contribution in [0.5, 0.6) is 0 Å². The smallest absolute Gasteiger partial charge is 0.325 e. The van der Waals surface area contributed by atoms with Crippen LogP contribution in [0.25, 0.3) is 0 Å². The first-order chi connectivity index (χ1) is 7.85. The summed E-state index contributed by atoms with van der Waals surface area (Å²) in [6.07, 6.45) is -3.91. The van der Waals surface area contributed by atoms with Crippen LogP contribution in [0, 0.1) is 0 Å². The zero-order valence-electron chi connectivity index (χ0n) is 10.3. The Bertz CT molecular complexity index is 244. The Morgan fingerprint density at radius 3 is 2.47 bits per heavy atom. The lowest BCUT2D eigenvalue weighted by atomic mass is 9.95. The Kier molecular flexibility index (Phi) is 8.25. The van der Waals surface area contributed by atoms with Crippen molar-refractivity contribution in [2.24, 2.45) is 0 Å². The van der Waals surface area contributed by atoms with E-state index in [-0.39, 0.29) is 12.9 Å². The maximum absolute atomic E-state index is 13.6. The molecular weight excluding hydrogens is 249 g/mol. The molecule has 8 heteroatoms. The van der Waals surface area contributed by atoms with E-state index in [9.17, 15) is 8.96 Å². The summed E-state index contributed by atoms with van der Waals surface area (Å²) in [5.74, 6) is 0. The second-order valence-electron chi connectivity index (χ2n) is 3.57. The molecule has 0 aromatic carbocycles. The molecule has 1 N–H and O–H groups in total. The first-order valence-electron chi connectivity index (χ1n) is 5.29. The molecule has 100 valence electrons. The van der Waals surface area contributed by atoms with Crippen LogP contribution < -0.4 is 0 Å². The van der Waals surface area contributed by atoms with Gasteiger partial charge in [-0.15, -0.1) is 0 Å². The first kappa shape index (κ1) is 17.1. The molecule has 3 unspecified atom stereocenters. The van der Waals surface area contributed by atoms with E-state index in [1.54, 1.807) is 6.92 Å². The van der Waals surface area contributed by atoms with Crippen LogP contribution in [-0.2, 0) is 18.6 Å². The summed E-state index contributed by atoms with van der Waals surface area (Å²) in [6.45, 7) is 3.07. The zero-order valence-corrected chi connectivity index (χ0v) is 11.2. The molecule has 0 saturated heterocycles. The third kappa shape index (κ3) is 7.16. The highest BCUT2D eigenvalue weighted by molar-refractivity contribution is 7.51. The van der Waals surface area contributed by atoms with Crippen molar-refractivity contribution < 1.29 is 27.8 Å². The Morgan fingerprint density at radius 2 is 2.12 bits per heavy atom. The maximum atomic E-state index is 13.6. The van der Waals surface area contributed by atoms with Gasteiger partial charge in [0.2, 0.25) is 0 Å². The Labute approximate surface area is 103 Å². The topological polar surface area (TPSA) is 65.0 Å². The molecule has 0 bridgehead atoms. The summed E-state index contributed by atoms with van der Waals surface area (Å²) in [7, 11) is 2.80. The van der Waals surface area contributed by atoms with Crippen LogP contribution in [0.4, 0.5) is 4.39 Å². The van der Waals surface area contributed by atoms with Crippen LogP contribution in [-0.4, -0.2) is 58.1 Å². The molecule has 17 heavy (non-hydrogen) atoms. The minimum Gasteiger partial charge on any atom is -0.382 e. The molecule has 0 saturated carbocycles. The van der Waals surface area contributed by atoms with E-state index in [0.717, 1.165) is 6.66 Å². The van der Waals surface area contributed by atoms with Crippen LogP contribution in [0.3, 0.4) is 0 Å². The van der Waals surface area contributed by atoms with Gasteiger partial charge in [0.15, 0.2) is 0 Å². The predicted octanol–water partition coefficient (Wildman–Crippen LogP) is 1.16. The van der Waals surface area contributed by atoms with Gasteiger partial charge >= 0.3 is 7.60 Å². The van der Waals surface area contributed by atoms with Crippen LogP contribution in [0.1, 0.15) is 6.92 Å². The van der Waals surface area contributed by atoms with Gasteiger partial charge < -0.3 is 14.4 Å². The number of ether oxygens (including phenoxy) is 2. The number of alkyl halides is 1. The normalized spacial score (nSPS) is 20.5. The maximum Gasteiger partial charge on any atom is 0.325 e. The number of rotatable bonds is 9. The average molecular weight is 268 g/mol. The molecule has 0 fully saturated rings. The van der Waals surface area contributed by atoms with Gasteiger partial charge in [-0.2, -0.15) is 0 Å². The second kappa shape index (κ2) is 8.22. The number of halogens is 1. The molecule has 0 aliphatic heterocycles. The van der Waals surface area contributed by atoms with E-state index in [2.05, 4.69) is 0 Å². The third-order valence-electron chi connectivity index (χ3n) is 1.98. The molecule has 2 radical (unpaired) electrons. The van der Waals surface area contributed by atoms with E-state index in [1.165, 1.54) is 7.11 Å². The fourth-order valence-electron chi connectivity index (χ4n) is 1.34. The Balaban J connectivity index is 4.77. The fourth-order valence-corrected chi connectivity index (χ4v) is 2.06. The molecule has 0 rings (SSSR count). The van der Waals surface area contributed by atoms with Crippen LogP contribution in [0.2, 0.25) is 6.32 Å². The van der Waals surface area contributed by atoms with Crippen LogP contribution in [0.15, 0.2) is 0 Å². The Morgan fingerprint density at radius 1 is 1.53 bits per heavy atom. The van der Waals surface area contributed by atoms with Gasteiger partial charge in [0.1, 0.15) is 18.4 Å². The third-order valence-corrected chi connectivity index (χ3v) is 2.61. The average Bonchev–Trinajstić information content (AvgIpc) is 2.23. The number of hydrogen-bond donors (Lipinski definition) is 1. The lowest BCUT2D eigenvalue weighted by Crippen LogP contribution is -2.41. The molecule has 0 aliphatic rings. The van der Waals surface area contributed by atoms with Crippen molar-refractivity contribution in [1.29, 1.82) is 0 Å². The molecule has 0 heterocycles. The lowest BCUT2D eigenvalue weighted by molar-refractivity contribution is -0.0812. The van der Waals surface area contributed by atoms with Crippen molar-refractivity contribution in [2.75, 3.05) is 27.0 Å². The van der Waals surface area contributed by atoms with Gasteiger partial charge in [-0.1, -0.05) is 6.32 Å². The minimum atomic E-state index is -3.82. The van der Waals surface area contributed by atoms with E-state index in [1.807, 2.05) is 0 Å². The van der Waals surface area contributed by atoms with Crippen molar-refractivity contribution in [3.63, 3.8) is 0 Å². The van der Waals surface area contributed by atoms with Gasteiger partial charge in [0, 0.05) is 20.4 Å². The van der Waals surface area contributed by atoms with Crippen molar-refractivity contribution >= 4 is 15.4 Å². The second-order valence-corrected chi connectivity index (χ2v) is 5.39. The quantitative estimate of drug-likeness (QED) is 0.502. The molecule has 5 nitrogen and oxygen atoms in total. The summed E-state index contributed by atoms with van der Waals surface area (Å²) >= 11 is 0. The summed E-state index contributed by atoms with van der Waals surface area (Å²) in [5, 5.41) is 0. The largest absolute Gasteiger partial charge is 0.382 e. The van der Waals surface area contributed by atoms with Crippen molar-refractivity contribution in [1.82, 2.24) is 0 Å². The molecule has 0 amide bonds. The first-order valence-corrected chi connectivity index (χ1v) is 7.31. The number of hydrogen-bond acceptors (Lipinski definition) is 4. The summed E-state index contributed by atoms with van der Waals surface area (Å²) < 4.78 is 39.7. The summed E-state index contributed by atoms with van der Waals surface area (Å²) in [6, 6.07) is 0. The van der Waals surface area contributed by atoms with E-state index in [0.29, 0.717) is 6.61 Å². The zero-order chi connectivity index (χ0) is 13.5. The highest BCUT2D eigenvalue weighted by atomic mass is 31.2. The van der Waals surface area contributed by atoms with E-state index >= 15 is 0 Å².